The van der Waals surface area contributed by atoms with Gasteiger partial charge in [-0.1, -0.05) is 0 Å². The van der Waals surface area contributed by atoms with E-state index < -0.39 is 0 Å². The first-order valence-corrected chi connectivity index (χ1v) is 5.87. The predicted molar refractivity (Wildman–Crippen MR) is 67.7 cm³/mol. The summed E-state index contributed by atoms with van der Waals surface area (Å²) >= 11 is 5.74. The van der Waals surface area contributed by atoms with Crippen LogP contribution in [0.4, 0.5) is 0 Å². The van der Waals surface area contributed by atoms with E-state index in [0.717, 1.165) is 24.8 Å². The molecule has 0 saturated carbocycles. The third-order valence-electron chi connectivity index (χ3n) is 2.08. The fourth-order valence-corrected chi connectivity index (χ4v) is 2.95. The van der Waals surface area contributed by atoms with Crippen molar-refractivity contribution in [3.05, 3.63) is 20.3 Å². The third-order valence-corrected chi connectivity index (χ3v) is 3.65. The maximum atomic E-state index is 5.23. The van der Waals surface area contributed by atoms with Crippen LogP contribution < -0.4 is 4.74 Å². The fourth-order valence-electron chi connectivity index (χ4n) is 1.42. The molecule has 0 radical (unpaired) electrons. The van der Waals surface area contributed by atoms with Gasteiger partial charge >= 0.3 is 0 Å². The molecule has 0 spiro atoms. The van der Waals surface area contributed by atoms with E-state index in [0.29, 0.717) is 0 Å². The minimum absolute atomic E-state index is 0.830. The Morgan fingerprint density at radius 1 is 1.50 bits per heavy atom. The largest absolute Gasteiger partial charge is 0.495 e. The molecule has 14 heavy (non-hydrogen) atoms. The molecule has 0 N–H and O–H groups in total. The Labute approximate surface area is 104 Å². The minimum Gasteiger partial charge on any atom is -0.495 e. The van der Waals surface area contributed by atoms with E-state index >= 15 is 0 Å². The number of fused-ring (bicyclic) bond motifs is 1. The average molecular weight is 367 g/mol. The van der Waals surface area contributed by atoms with Gasteiger partial charge < -0.3 is 4.74 Å². The van der Waals surface area contributed by atoms with Crippen molar-refractivity contribution in [2.75, 3.05) is 7.11 Å². The first-order chi connectivity index (χ1) is 6.65. The Hall–Kier alpha value is -0.300. The van der Waals surface area contributed by atoms with Crippen molar-refractivity contribution in [1.29, 1.82) is 0 Å². The molecule has 74 valence electrons. The molecule has 0 aliphatic carbocycles. The lowest BCUT2D eigenvalue weighted by Gasteiger charge is -2.04. The van der Waals surface area contributed by atoms with E-state index in [1.807, 2.05) is 23.9 Å². The van der Waals surface area contributed by atoms with Crippen LogP contribution in [0, 0.1) is 3.70 Å². The third kappa shape index (κ3) is 1.42. The standard InChI is InChI=1S/C9H8BrIN2O/c1-13-8-5(9(11)12-13)3-4-6(14-2)7(8)10/h3-4H,1-2H3. The van der Waals surface area contributed by atoms with Gasteiger partial charge in [-0.15, -0.1) is 0 Å². The predicted octanol–water partition coefficient (Wildman–Crippen LogP) is 2.95. The number of aryl methyl sites for hydroxylation is 1. The van der Waals surface area contributed by atoms with Gasteiger partial charge in [0, 0.05) is 12.4 Å². The molecule has 0 bridgehead atoms. The molecule has 3 nitrogen and oxygen atoms in total. The van der Waals surface area contributed by atoms with Crippen molar-refractivity contribution < 1.29 is 4.74 Å². The highest BCUT2D eigenvalue weighted by molar-refractivity contribution is 14.1. The SMILES string of the molecule is COc1ccc2c(I)nn(C)c2c1Br. The van der Waals surface area contributed by atoms with Crippen molar-refractivity contribution >= 4 is 49.4 Å². The van der Waals surface area contributed by atoms with E-state index in [1.165, 1.54) is 0 Å². The topological polar surface area (TPSA) is 27.1 Å². The van der Waals surface area contributed by atoms with Crippen LogP contribution in [0.2, 0.25) is 0 Å². The van der Waals surface area contributed by atoms with Crippen LogP contribution in [0.25, 0.3) is 10.9 Å². The zero-order chi connectivity index (χ0) is 10.3. The van der Waals surface area contributed by atoms with Gasteiger partial charge in [0.25, 0.3) is 0 Å². The number of rotatable bonds is 1. The Kier molecular flexibility index (Phi) is 2.70. The number of ether oxygens (including phenoxy) is 1. The first-order valence-electron chi connectivity index (χ1n) is 4.00. The zero-order valence-electron chi connectivity index (χ0n) is 7.71. The van der Waals surface area contributed by atoms with Gasteiger partial charge in [0.2, 0.25) is 0 Å². The summed E-state index contributed by atoms with van der Waals surface area (Å²) in [5, 5.41) is 5.48. The molecule has 0 unspecified atom stereocenters. The summed E-state index contributed by atoms with van der Waals surface area (Å²) < 4.78 is 9.04. The summed E-state index contributed by atoms with van der Waals surface area (Å²) in [6, 6.07) is 3.96. The van der Waals surface area contributed by atoms with Crippen molar-refractivity contribution in [3.8, 4) is 5.75 Å². The molecule has 2 aromatic rings. The Morgan fingerprint density at radius 3 is 2.86 bits per heavy atom. The summed E-state index contributed by atoms with van der Waals surface area (Å²) in [4.78, 5) is 0. The number of nitrogens with zero attached hydrogens (tertiary/aromatic N) is 2. The summed E-state index contributed by atoms with van der Waals surface area (Å²) in [5.74, 6) is 0.830. The van der Waals surface area contributed by atoms with Crippen LogP contribution in [-0.4, -0.2) is 16.9 Å². The zero-order valence-corrected chi connectivity index (χ0v) is 11.5. The van der Waals surface area contributed by atoms with Gasteiger partial charge in [-0.05, 0) is 50.7 Å². The van der Waals surface area contributed by atoms with Crippen molar-refractivity contribution in [2.24, 2.45) is 7.05 Å². The quantitative estimate of drug-likeness (QED) is 0.725. The van der Waals surface area contributed by atoms with E-state index in [4.69, 9.17) is 4.74 Å². The lowest BCUT2D eigenvalue weighted by Crippen LogP contribution is -1.92. The Balaban J connectivity index is 2.87. The number of methoxy groups -OCH3 is 1. The smallest absolute Gasteiger partial charge is 0.135 e. The molecule has 0 atom stereocenters. The molecular weight excluding hydrogens is 359 g/mol. The molecule has 0 aliphatic heterocycles. The van der Waals surface area contributed by atoms with Gasteiger partial charge in [0.05, 0.1) is 17.1 Å². The highest BCUT2D eigenvalue weighted by atomic mass is 127. The lowest BCUT2D eigenvalue weighted by atomic mass is 10.2. The van der Waals surface area contributed by atoms with Crippen molar-refractivity contribution in [2.45, 2.75) is 0 Å². The van der Waals surface area contributed by atoms with E-state index in [2.05, 4.69) is 43.6 Å². The van der Waals surface area contributed by atoms with Gasteiger partial charge in [-0.3, -0.25) is 4.68 Å². The van der Waals surface area contributed by atoms with Crippen LogP contribution in [0.15, 0.2) is 16.6 Å². The minimum atomic E-state index is 0.830. The number of hydrogen-bond acceptors (Lipinski definition) is 2. The summed E-state index contributed by atoms with van der Waals surface area (Å²) in [5.41, 5.74) is 1.06. The van der Waals surface area contributed by atoms with Gasteiger partial charge in [0.15, 0.2) is 0 Å². The number of benzene rings is 1. The number of aromatic nitrogens is 2. The maximum Gasteiger partial charge on any atom is 0.135 e. The molecule has 0 saturated heterocycles. The second-order valence-electron chi connectivity index (χ2n) is 2.89. The maximum absolute atomic E-state index is 5.23. The Bertz CT molecular complexity index is 495. The highest BCUT2D eigenvalue weighted by Crippen LogP contribution is 2.34. The molecular formula is C9H8BrIN2O. The summed E-state index contributed by atoms with van der Waals surface area (Å²) in [6.45, 7) is 0. The molecule has 1 heterocycles. The molecule has 0 aliphatic rings. The highest BCUT2D eigenvalue weighted by Gasteiger charge is 2.12. The average Bonchev–Trinajstić information content (AvgIpc) is 2.44. The van der Waals surface area contributed by atoms with Gasteiger partial charge in [0.1, 0.15) is 9.45 Å². The van der Waals surface area contributed by atoms with Crippen LogP contribution in [-0.2, 0) is 7.05 Å². The van der Waals surface area contributed by atoms with Crippen LogP contribution in [0.3, 0.4) is 0 Å². The van der Waals surface area contributed by atoms with Gasteiger partial charge in [-0.25, -0.2) is 0 Å². The van der Waals surface area contributed by atoms with Crippen LogP contribution >= 0.6 is 38.5 Å². The first kappa shape index (κ1) is 10.2. The molecule has 1 aromatic heterocycles. The monoisotopic (exact) mass is 366 g/mol. The second-order valence-corrected chi connectivity index (χ2v) is 4.71. The lowest BCUT2D eigenvalue weighted by molar-refractivity contribution is 0.412. The fraction of sp³-hybridized carbons (Fsp3) is 0.222. The normalized spacial score (nSPS) is 10.9. The molecule has 5 heteroatoms. The van der Waals surface area contributed by atoms with Crippen molar-refractivity contribution in [3.63, 3.8) is 0 Å². The Morgan fingerprint density at radius 2 is 2.21 bits per heavy atom. The van der Waals surface area contributed by atoms with Gasteiger partial charge in [-0.2, -0.15) is 5.10 Å². The number of halogens is 2. The van der Waals surface area contributed by atoms with Crippen molar-refractivity contribution in [1.82, 2.24) is 9.78 Å². The second kappa shape index (κ2) is 3.69. The van der Waals surface area contributed by atoms with Crippen LogP contribution in [0.1, 0.15) is 0 Å². The van der Waals surface area contributed by atoms with E-state index in [1.54, 1.807) is 7.11 Å². The summed E-state index contributed by atoms with van der Waals surface area (Å²) in [7, 11) is 3.59. The molecule has 2 rings (SSSR count). The van der Waals surface area contributed by atoms with E-state index in [9.17, 15) is 0 Å². The van der Waals surface area contributed by atoms with Crippen LogP contribution in [0.5, 0.6) is 5.75 Å². The molecule has 0 fully saturated rings. The molecule has 0 amide bonds. The molecule has 1 aromatic carbocycles. The number of hydrogen-bond donors (Lipinski definition) is 0. The van der Waals surface area contributed by atoms with E-state index in [-0.39, 0.29) is 0 Å². The summed E-state index contributed by atoms with van der Waals surface area (Å²) in [6.07, 6.45) is 0.